The van der Waals surface area contributed by atoms with Crippen LogP contribution in [0.2, 0.25) is 0 Å². The summed E-state index contributed by atoms with van der Waals surface area (Å²) in [6.07, 6.45) is 8.31. The van der Waals surface area contributed by atoms with E-state index < -0.39 is 0 Å². The summed E-state index contributed by atoms with van der Waals surface area (Å²) < 4.78 is 2.20. The molecule has 2 nitrogen and oxygen atoms in total. The van der Waals surface area contributed by atoms with E-state index in [0.717, 1.165) is 0 Å². The highest BCUT2D eigenvalue weighted by atomic mass is 127. The van der Waals surface area contributed by atoms with Gasteiger partial charge in [0.05, 0.1) is 28.2 Å². The number of rotatable bonds is 7. The van der Waals surface area contributed by atoms with E-state index in [9.17, 15) is 0 Å². The van der Waals surface area contributed by atoms with Crippen molar-refractivity contribution >= 4 is 16.9 Å². The molecule has 0 radical (unpaired) electrons. The summed E-state index contributed by atoms with van der Waals surface area (Å²) in [4.78, 5) is 2.20. The number of amidine groups is 1. The van der Waals surface area contributed by atoms with Crippen molar-refractivity contribution in [2.45, 2.75) is 45.4 Å². The molecule has 0 heterocycles. The molecule has 0 fully saturated rings. The monoisotopic (exact) mass is 372 g/mol. The standard InChI is InChI=1S/C13H29N2S.HI/c1-6-7-8-9-10-11-12-16-13(14(2)3)15(4)5;/h6-12H2,1-5H3;1H/q+1;/p-1. The molecule has 0 saturated carbocycles. The number of hydrogen-bond donors (Lipinski definition) is 0. The third kappa shape index (κ3) is 11.4. The highest BCUT2D eigenvalue weighted by Crippen LogP contribution is 2.11. The molecular formula is C13H29IN2S. The Labute approximate surface area is 129 Å². The van der Waals surface area contributed by atoms with Gasteiger partial charge in [-0.05, 0) is 18.2 Å². The van der Waals surface area contributed by atoms with E-state index >= 15 is 0 Å². The van der Waals surface area contributed by atoms with E-state index in [1.165, 1.54) is 49.4 Å². The molecular weight excluding hydrogens is 343 g/mol. The lowest BCUT2D eigenvalue weighted by Gasteiger charge is -2.10. The Bertz CT molecular complexity index is 202. The first-order valence-corrected chi connectivity index (χ1v) is 7.42. The average Bonchev–Trinajstić information content (AvgIpc) is 2.21. The van der Waals surface area contributed by atoms with Gasteiger partial charge in [0.25, 0.3) is 0 Å². The number of unbranched alkanes of at least 4 members (excludes halogenated alkanes) is 5. The van der Waals surface area contributed by atoms with E-state index in [4.69, 9.17) is 0 Å². The third-order valence-electron chi connectivity index (χ3n) is 2.49. The maximum Gasteiger partial charge on any atom is 0.307 e. The van der Waals surface area contributed by atoms with Crippen LogP contribution in [0.5, 0.6) is 0 Å². The van der Waals surface area contributed by atoms with Gasteiger partial charge in [-0.25, -0.2) is 0 Å². The summed E-state index contributed by atoms with van der Waals surface area (Å²) in [5.41, 5.74) is 0. The minimum atomic E-state index is 0. The van der Waals surface area contributed by atoms with Crippen LogP contribution in [0, 0.1) is 0 Å². The maximum atomic E-state index is 2.27. The highest BCUT2D eigenvalue weighted by Gasteiger charge is 2.11. The molecule has 0 atom stereocenters. The molecule has 0 N–H and O–H groups in total. The topological polar surface area (TPSA) is 6.25 Å². The fraction of sp³-hybridized carbons (Fsp3) is 0.923. The van der Waals surface area contributed by atoms with Gasteiger partial charge in [0.2, 0.25) is 0 Å². The van der Waals surface area contributed by atoms with Gasteiger partial charge in [-0.2, -0.15) is 0 Å². The third-order valence-corrected chi connectivity index (χ3v) is 3.98. The summed E-state index contributed by atoms with van der Waals surface area (Å²) in [6.45, 7) is 2.27. The van der Waals surface area contributed by atoms with Crippen LogP contribution in [0.4, 0.5) is 0 Å². The highest BCUT2D eigenvalue weighted by molar-refractivity contribution is 8.13. The molecule has 0 aliphatic rings. The molecule has 0 aliphatic carbocycles. The first-order valence-electron chi connectivity index (χ1n) is 6.44. The SMILES string of the molecule is CCCCCCCCSC(N(C)C)=[N+](C)C.[I-]. The molecule has 0 aromatic heterocycles. The molecule has 17 heavy (non-hydrogen) atoms. The summed E-state index contributed by atoms with van der Waals surface area (Å²) in [7, 11) is 8.46. The molecule has 0 saturated heterocycles. The minimum Gasteiger partial charge on any atom is -1.00 e. The Hall–Kier alpha value is 0.550. The van der Waals surface area contributed by atoms with Crippen LogP contribution in [-0.4, -0.2) is 48.6 Å². The Balaban J connectivity index is 0. The molecule has 0 bridgehead atoms. The molecule has 0 rings (SSSR count). The zero-order chi connectivity index (χ0) is 12.4. The van der Waals surface area contributed by atoms with E-state index in [0.29, 0.717) is 0 Å². The molecule has 0 aromatic carbocycles. The van der Waals surface area contributed by atoms with Gasteiger partial charge in [0, 0.05) is 5.75 Å². The maximum absolute atomic E-state index is 2.27. The van der Waals surface area contributed by atoms with Crippen LogP contribution in [0.15, 0.2) is 0 Å². The van der Waals surface area contributed by atoms with Crippen molar-refractivity contribution in [3.63, 3.8) is 0 Å². The van der Waals surface area contributed by atoms with Gasteiger partial charge < -0.3 is 24.0 Å². The molecule has 0 amide bonds. The Morgan fingerprint density at radius 3 is 2.00 bits per heavy atom. The van der Waals surface area contributed by atoms with Gasteiger partial charge in [0.15, 0.2) is 0 Å². The average molecular weight is 372 g/mol. The molecule has 0 spiro atoms. The molecule has 104 valence electrons. The van der Waals surface area contributed by atoms with Crippen molar-refractivity contribution in [3.8, 4) is 0 Å². The van der Waals surface area contributed by atoms with Gasteiger partial charge in [-0.1, -0.05) is 39.0 Å². The molecule has 4 heteroatoms. The summed E-state index contributed by atoms with van der Waals surface area (Å²) in [6, 6.07) is 0. The van der Waals surface area contributed by atoms with Crippen molar-refractivity contribution < 1.29 is 28.6 Å². The van der Waals surface area contributed by atoms with Crippen LogP contribution >= 0.6 is 11.8 Å². The van der Waals surface area contributed by atoms with Crippen LogP contribution in [-0.2, 0) is 0 Å². The Kier molecular flexibility index (Phi) is 15.2. The van der Waals surface area contributed by atoms with Crippen molar-refractivity contribution in [2.75, 3.05) is 33.9 Å². The van der Waals surface area contributed by atoms with E-state index in [1.54, 1.807) is 0 Å². The largest absolute Gasteiger partial charge is 1.00 e. The van der Waals surface area contributed by atoms with Gasteiger partial charge >= 0.3 is 5.17 Å². The molecule has 0 aromatic rings. The van der Waals surface area contributed by atoms with Crippen LogP contribution in [0.25, 0.3) is 0 Å². The van der Waals surface area contributed by atoms with E-state index in [2.05, 4.69) is 44.6 Å². The van der Waals surface area contributed by atoms with Crippen LogP contribution in [0.3, 0.4) is 0 Å². The van der Waals surface area contributed by atoms with Crippen LogP contribution in [0.1, 0.15) is 45.4 Å². The lowest BCUT2D eigenvalue weighted by atomic mass is 10.1. The second-order valence-corrected chi connectivity index (χ2v) is 5.75. The van der Waals surface area contributed by atoms with Crippen molar-refractivity contribution in [3.05, 3.63) is 0 Å². The quantitative estimate of drug-likeness (QED) is 0.208. The number of nitrogens with zero attached hydrogens (tertiary/aromatic N) is 2. The molecule has 0 aliphatic heterocycles. The molecule has 0 unspecified atom stereocenters. The van der Waals surface area contributed by atoms with Crippen molar-refractivity contribution in [1.29, 1.82) is 0 Å². The van der Waals surface area contributed by atoms with E-state index in [1.807, 2.05) is 11.8 Å². The normalized spacial score (nSPS) is 9.71. The second kappa shape index (κ2) is 13.0. The van der Waals surface area contributed by atoms with E-state index in [-0.39, 0.29) is 24.0 Å². The summed E-state index contributed by atoms with van der Waals surface area (Å²) in [5, 5.41) is 1.36. The smallest absolute Gasteiger partial charge is 0.307 e. The van der Waals surface area contributed by atoms with Crippen molar-refractivity contribution in [1.82, 2.24) is 4.90 Å². The first kappa shape index (κ1) is 19.9. The zero-order valence-electron chi connectivity index (χ0n) is 12.1. The minimum absolute atomic E-state index is 0. The van der Waals surface area contributed by atoms with Crippen molar-refractivity contribution in [2.24, 2.45) is 0 Å². The first-order chi connectivity index (χ1) is 7.59. The van der Waals surface area contributed by atoms with Gasteiger partial charge in [-0.15, -0.1) is 0 Å². The predicted molar refractivity (Wildman–Crippen MR) is 76.6 cm³/mol. The summed E-state index contributed by atoms with van der Waals surface area (Å²) in [5.74, 6) is 1.25. The number of halogens is 1. The van der Waals surface area contributed by atoms with Crippen LogP contribution < -0.4 is 24.0 Å². The predicted octanol–water partition coefficient (Wildman–Crippen LogP) is 0.274. The lowest BCUT2D eigenvalue weighted by molar-refractivity contribution is -0.466. The Morgan fingerprint density at radius 1 is 1.00 bits per heavy atom. The fourth-order valence-corrected chi connectivity index (χ4v) is 2.75. The van der Waals surface area contributed by atoms with Gasteiger partial charge in [0.1, 0.15) is 0 Å². The van der Waals surface area contributed by atoms with Gasteiger partial charge in [-0.3, -0.25) is 9.48 Å². The summed E-state index contributed by atoms with van der Waals surface area (Å²) >= 11 is 1.97. The second-order valence-electron chi connectivity index (χ2n) is 4.69. The zero-order valence-corrected chi connectivity index (χ0v) is 15.1. The lowest BCUT2D eigenvalue weighted by Crippen LogP contribution is -3.00. The Morgan fingerprint density at radius 2 is 1.53 bits per heavy atom. The fourth-order valence-electron chi connectivity index (χ4n) is 1.70. The number of hydrogen-bond acceptors (Lipinski definition) is 1. The number of thioether (sulfide) groups is 1.